The van der Waals surface area contributed by atoms with Crippen molar-refractivity contribution in [1.29, 1.82) is 0 Å². The van der Waals surface area contributed by atoms with Crippen molar-refractivity contribution in [3.05, 3.63) is 36.7 Å². The highest BCUT2D eigenvalue weighted by Crippen LogP contribution is 2.29. The minimum absolute atomic E-state index is 0.222. The zero-order valence-electron chi connectivity index (χ0n) is 14.8. The van der Waals surface area contributed by atoms with E-state index in [1.807, 2.05) is 39.2 Å². The van der Waals surface area contributed by atoms with Crippen LogP contribution in [0.25, 0.3) is 10.8 Å². The first-order valence-corrected chi connectivity index (χ1v) is 8.39. The number of aromatic nitrogens is 1. The van der Waals surface area contributed by atoms with Crippen LogP contribution in [-0.4, -0.2) is 47.8 Å². The fourth-order valence-corrected chi connectivity index (χ4v) is 3.16. The number of fused-ring (bicyclic) bond motifs is 1. The third-order valence-corrected chi connectivity index (χ3v) is 4.40. The highest BCUT2D eigenvalue weighted by molar-refractivity contribution is 5.93. The SMILES string of the molecule is CN(c1cccc2cnccc12)[C@H]1CCN(C(=O)OC(C)(C)C)C1. The van der Waals surface area contributed by atoms with Crippen molar-refractivity contribution in [1.82, 2.24) is 9.88 Å². The van der Waals surface area contributed by atoms with Crippen molar-refractivity contribution in [3.63, 3.8) is 0 Å². The van der Waals surface area contributed by atoms with Crippen LogP contribution in [0.2, 0.25) is 0 Å². The average molecular weight is 327 g/mol. The van der Waals surface area contributed by atoms with Gasteiger partial charge in [-0.2, -0.15) is 0 Å². The molecule has 1 amide bonds. The largest absolute Gasteiger partial charge is 0.444 e. The van der Waals surface area contributed by atoms with Gasteiger partial charge in [-0.25, -0.2) is 4.79 Å². The van der Waals surface area contributed by atoms with Crippen molar-refractivity contribution < 1.29 is 9.53 Å². The molecule has 5 nitrogen and oxygen atoms in total. The molecular weight excluding hydrogens is 302 g/mol. The molecule has 1 atom stereocenters. The van der Waals surface area contributed by atoms with E-state index in [9.17, 15) is 4.79 Å². The van der Waals surface area contributed by atoms with Gasteiger partial charge in [-0.3, -0.25) is 4.98 Å². The van der Waals surface area contributed by atoms with Crippen LogP contribution in [0, 0.1) is 0 Å². The molecule has 0 bridgehead atoms. The predicted molar refractivity (Wildman–Crippen MR) is 96.4 cm³/mol. The van der Waals surface area contributed by atoms with Gasteiger partial charge in [0.15, 0.2) is 0 Å². The molecule has 1 aliphatic rings. The van der Waals surface area contributed by atoms with Crippen LogP contribution in [0.4, 0.5) is 10.5 Å². The molecule has 1 fully saturated rings. The Balaban J connectivity index is 1.74. The zero-order valence-corrected chi connectivity index (χ0v) is 14.8. The van der Waals surface area contributed by atoms with Crippen LogP contribution in [0.5, 0.6) is 0 Å². The Kier molecular flexibility index (Phi) is 4.35. The van der Waals surface area contributed by atoms with Gasteiger partial charge in [0.25, 0.3) is 0 Å². The molecule has 0 N–H and O–H groups in total. The molecule has 0 aliphatic carbocycles. The molecule has 1 aromatic carbocycles. The van der Waals surface area contributed by atoms with Gasteiger partial charge in [0, 0.05) is 55.0 Å². The third-order valence-electron chi connectivity index (χ3n) is 4.40. The Morgan fingerprint density at radius 1 is 1.33 bits per heavy atom. The Bertz CT molecular complexity index is 733. The lowest BCUT2D eigenvalue weighted by molar-refractivity contribution is 0.0292. The van der Waals surface area contributed by atoms with E-state index in [0.717, 1.165) is 18.4 Å². The van der Waals surface area contributed by atoms with E-state index in [4.69, 9.17) is 4.74 Å². The molecule has 1 saturated heterocycles. The monoisotopic (exact) mass is 327 g/mol. The Morgan fingerprint density at radius 3 is 2.88 bits per heavy atom. The van der Waals surface area contributed by atoms with Gasteiger partial charge in [0.2, 0.25) is 0 Å². The van der Waals surface area contributed by atoms with Gasteiger partial charge in [0.05, 0.1) is 0 Å². The summed E-state index contributed by atoms with van der Waals surface area (Å²) in [5.41, 5.74) is 0.718. The number of ether oxygens (including phenoxy) is 1. The van der Waals surface area contributed by atoms with Gasteiger partial charge in [-0.05, 0) is 39.3 Å². The first-order valence-electron chi connectivity index (χ1n) is 8.39. The van der Waals surface area contributed by atoms with E-state index >= 15 is 0 Å². The van der Waals surface area contributed by atoms with Gasteiger partial charge in [-0.15, -0.1) is 0 Å². The summed E-state index contributed by atoms with van der Waals surface area (Å²) in [6, 6.07) is 8.58. The number of pyridine rings is 1. The lowest BCUT2D eigenvalue weighted by Gasteiger charge is -2.29. The van der Waals surface area contributed by atoms with E-state index in [-0.39, 0.29) is 12.1 Å². The standard InChI is InChI=1S/C19H25N3O2/c1-19(2,3)24-18(23)22-11-9-15(13-22)21(4)17-7-5-6-14-12-20-10-8-16(14)17/h5-8,10,12,15H,9,11,13H2,1-4H3/t15-/m0/s1. The third kappa shape index (κ3) is 3.45. The normalized spacial score (nSPS) is 18.0. The number of anilines is 1. The number of likely N-dealkylation sites (tertiary alicyclic amines) is 1. The molecule has 24 heavy (non-hydrogen) atoms. The Hall–Kier alpha value is -2.30. The zero-order chi connectivity index (χ0) is 17.3. The Labute approximate surface area is 143 Å². The van der Waals surface area contributed by atoms with Crippen molar-refractivity contribution in [2.75, 3.05) is 25.0 Å². The van der Waals surface area contributed by atoms with Crippen molar-refractivity contribution >= 4 is 22.6 Å². The molecule has 0 unspecified atom stereocenters. The second kappa shape index (κ2) is 6.30. The fraction of sp³-hybridized carbons (Fsp3) is 0.474. The number of nitrogens with zero attached hydrogens (tertiary/aromatic N) is 3. The van der Waals surface area contributed by atoms with Crippen LogP contribution in [0.15, 0.2) is 36.7 Å². The van der Waals surface area contributed by atoms with Gasteiger partial charge < -0.3 is 14.5 Å². The summed E-state index contributed by atoms with van der Waals surface area (Å²) < 4.78 is 5.49. The first-order chi connectivity index (χ1) is 11.3. The van der Waals surface area contributed by atoms with Crippen LogP contribution in [0.3, 0.4) is 0 Å². The predicted octanol–water partition coefficient (Wildman–Crippen LogP) is 3.68. The number of hydrogen-bond acceptors (Lipinski definition) is 4. The molecule has 5 heteroatoms. The molecule has 2 aromatic rings. The van der Waals surface area contributed by atoms with Crippen molar-refractivity contribution in [2.45, 2.75) is 38.8 Å². The van der Waals surface area contributed by atoms with Gasteiger partial charge >= 0.3 is 6.09 Å². The topological polar surface area (TPSA) is 45.7 Å². The summed E-state index contributed by atoms with van der Waals surface area (Å²) in [6.07, 6.45) is 4.42. The molecule has 0 radical (unpaired) electrons. The summed E-state index contributed by atoms with van der Waals surface area (Å²) in [5, 5.41) is 2.31. The minimum Gasteiger partial charge on any atom is -0.444 e. The molecule has 1 aliphatic heterocycles. The lowest BCUT2D eigenvalue weighted by atomic mass is 10.1. The van der Waals surface area contributed by atoms with Crippen molar-refractivity contribution in [2.24, 2.45) is 0 Å². The average Bonchev–Trinajstić information content (AvgIpc) is 3.02. The Morgan fingerprint density at radius 2 is 2.12 bits per heavy atom. The number of amides is 1. The maximum absolute atomic E-state index is 12.3. The highest BCUT2D eigenvalue weighted by atomic mass is 16.6. The quantitative estimate of drug-likeness (QED) is 0.844. The fourth-order valence-electron chi connectivity index (χ4n) is 3.16. The second-order valence-corrected chi connectivity index (χ2v) is 7.35. The molecule has 128 valence electrons. The first kappa shape index (κ1) is 16.6. The lowest BCUT2D eigenvalue weighted by Crippen LogP contribution is -2.39. The maximum atomic E-state index is 12.3. The maximum Gasteiger partial charge on any atom is 0.410 e. The summed E-state index contributed by atoms with van der Waals surface area (Å²) in [7, 11) is 2.10. The second-order valence-electron chi connectivity index (χ2n) is 7.35. The number of carbonyl (C=O) groups excluding carboxylic acids is 1. The molecule has 0 spiro atoms. The van der Waals surface area contributed by atoms with Crippen LogP contribution in [-0.2, 0) is 4.74 Å². The molecule has 1 aromatic heterocycles. The van der Waals surface area contributed by atoms with E-state index in [2.05, 4.69) is 35.1 Å². The molecule has 2 heterocycles. The minimum atomic E-state index is -0.455. The van der Waals surface area contributed by atoms with Crippen LogP contribution >= 0.6 is 0 Å². The molecule has 3 rings (SSSR count). The summed E-state index contributed by atoms with van der Waals surface area (Å²) in [6.45, 7) is 7.11. The van der Waals surface area contributed by atoms with Crippen LogP contribution in [0.1, 0.15) is 27.2 Å². The van der Waals surface area contributed by atoms with E-state index in [1.54, 1.807) is 4.90 Å². The number of likely N-dealkylation sites (N-methyl/N-ethyl adjacent to an activating group) is 1. The summed E-state index contributed by atoms with van der Waals surface area (Å²) in [5.74, 6) is 0. The number of hydrogen-bond donors (Lipinski definition) is 0. The van der Waals surface area contributed by atoms with Crippen molar-refractivity contribution in [3.8, 4) is 0 Å². The highest BCUT2D eigenvalue weighted by Gasteiger charge is 2.32. The summed E-state index contributed by atoms with van der Waals surface area (Å²) >= 11 is 0. The summed E-state index contributed by atoms with van der Waals surface area (Å²) in [4.78, 5) is 20.5. The molecular formula is C19H25N3O2. The van der Waals surface area contributed by atoms with E-state index in [1.165, 1.54) is 11.1 Å². The smallest absolute Gasteiger partial charge is 0.410 e. The number of carbonyl (C=O) groups is 1. The van der Waals surface area contributed by atoms with Gasteiger partial charge in [-0.1, -0.05) is 12.1 Å². The number of rotatable bonds is 2. The van der Waals surface area contributed by atoms with E-state index in [0.29, 0.717) is 6.54 Å². The number of benzene rings is 1. The molecule has 0 saturated carbocycles. The van der Waals surface area contributed by atoms with Crippen LogP contribution < -0.4 is 4.90 Å². The van der Waals surface area contributed by atoms with Gasteiger partial charge in [0.1, 0.15) is 5.60 Å². The van der Waals surface area contributed by atoms with E-state index < -0.39 is 5.60 Å².